The van der Waals surface area contributed by atoms with E-state index in [-0.39, 0.29) is 34.5 Å². The first kappa shape index (κ1) is 47.3. The number of anilines is 2. The fraction of sp³-hybridized carbons (Fsp3) is 0.0877. The van der Waals surface area contributed by atoms with Crippen LogP contribution < -0.4 is 11.5 Å². The van der Waals surface area contributed by atoms with E-state index in [0.717, 1.165) is 96.1 Å². The maximum atomic E-state index is 12.3. The van der Waals surface area contributed by atoms with Crippen LogP contribution >= 0.6 is 0 Å². The van der Waals surface area contributed by atoms with Crippen molar-refractivity contribution in [2.24, 2.45) is 0 Å². The number of carbonyl (C=O) groups excluding carboxylic acids is 4. The van der Waals surface area contributed by atoms with E-state index in [4.69, 9.17) is 16.6 Å². The number of nitrogens with zero attached hydrogens (tertiary/aromatic N) is 2. The van der Waals surface area contributed by atoms with Crippen molar-refractivity contribution in [2.45, 2.75) is 27.7 Å². The largest absolute Gasteiger partial charge is 0.400 e. The Bertz CT molecular complexity index is 3560. The molecule has 0 aliphatic heterocycles. The second-order valence-corrected chi connectivity index (χ2v) is 17.0. The minimum atomic E-state index is -0.484. The number of benzene rings is 8. The summed E-state index contributed by atoms with van der Waals surface area (Å²) in [6.07, 6.45) is 0. The number of rotatable bonds is 2. The number of hydrogen-bond donors (Lipinski definition) is 3. The average molecular weight is 929 g/mol. The molecule has 0 unspecified atom stereocenters. The van der Waals surface area contributed by atoms with Crippen LogP contribution in [0.15, 0.2) is 146 Å². The van der Waals surface area contributed by atoms with Crippen LogP contribution in [0.5, 0.6) is 0 Å². The van der Waals surface area contributed by atoms with E-state index >= 15 is 0 Å². The molecule has 8 aromatic rings. The standard InChI is InChI=1S/2C14H9NO3.2C14H11NO.CH4O/c1-8-2-4-11-12(6-8)10-5-3-9(15(17)18)7-13(10)14(11)16;1-8-3-2-4-11-10-6-5-9(15(17)18)7-12(10)14(16)13(8)11;1-8-2-4-11-12(6-8)10-5-3-9(15)7-13(10)14(11)16;1-8-3-2-4-11-10-6-5-9(15)7-12(10)14(16)13(8)11;1-2/h2*2-7H,1H3;2*2-7H,15H2,1H3;2H,1H3. The minimum Gasteiger partial charge on any atom is -0.400 e. The molecule has 12 rings (SSSR count). The molecule has 4 aliphatic rings. The second kappa shape index (κ2) is 18.8. The molecule has 70 heavy (non-hydrogen) atoms. The lowest BCUT2D eigenvalue weighted by atomic mass is 10.0. The van der Waals surface area contributed by atoms with Gasteiger partial charge < -0.3 is 16.6 Å². The zero-order chi connectivity index (χ0) is 50.3. The smallest absolute Gasteiger partial charge is 0.270 e. The molecule has 4 aliphatic carbocycles. The molecular weight excluding hydrogens is 885 g/mol. The molecule has 0 aromatic heterocycles. The Morgan fingerprint density at radius 2 is 0.686 bits per heavy atom. The minimum absolute atomic E-state index is 0.0486. The molecule has 0 spiro atoms. The van der Waals surface area contributed by atoms with Crippen LogP contribution in [0.4, 0.5) is 22.7 Å². The monoisotopic (exact) mass is 928 g/mol. The number of fused-ring (bicyclic) bond motifs is 12. The van der Waals surface area contributed by atoms with E-state index in [9.17, 15) is 39.4 Å². The van der Waals surface area contributed by atoms with Crippen LogP contribution in [0.1, 0.15) is 85.9 Å². The topological polar surface area (TPSA) is 227 Å². The van der Waals surface area contributed by atoms with Gasteiger partial charge in [-0.2, -0.15) is 0 Å². The van der Waals surface area contributed by atoms with E-state index in [2.05, 4.69) is 6.07 Å². The first-order valence-corrected chi connectivity index (χ1v) is 21.9. The van der Waals surface area contributed by atoms with Crippen LogP contribution in [-0.4, -0.2) is 45.2 Å². The lowest BCUT2D eigenvalue weighted by Gasteiger charge is -2.01. The molecule has 0 bridgehead atoms. The number of carbonyl (C=O) groups is 4. The van der Waals surface area contributed by atoms with E-state index in [1.54, 1.807) is 30.3 Å². The number of hydrogen-bond acceptors (Lipinski definition) is 11. The summed E-state index contributed by atoms with van der Waals surface area (Å²) in [7, 11) is 1.00. The van der Waals surface area contributed by atoms with Crippen molar-refractivity contribution in [3.63, 3.8) is 0 Å². The number of nitro groups is 2. The van der Waals surface area contributed by atoms with E-state index < -0.39 is 9.85 Å². The summed E-state index contributed by atoms with van der Waals surface area (Å²) in [6, 6.07) is 43.0. The molecule has 0 fully saturated rings. The summed E-state index contributed by atoms with van der Waals surface area (Å²) in [5.41, 5.74) is 29.3. The highest BCUT2D eigenvalue weighted by Crippen LogP contribution is 2.42. The number of aliphatic hydroxyl groups excluding tert-OH is 1. The van der Waals surface area contributed by atoms with E-state index in [1.165, 1.54) is 24.3 Å². The molecule has 0 amide bonds. The van der Waals surface area contributed by atoms with Gasteiger partial charge in [0.25, 0.3) is 11.4 Å². The summed E-state index contributed by atoms with van der Waals surface area (Å²) in [6.45, 7) is 7.82. The lowest BCUT2D eigenvalue weighted by molar-refractivity contribution is -0.385. The van der Waals surface area contributed by atoms with Gasteiger partial charge in [-0.3, -0.25) is 39.4 Å². The van der Waals surface area contributed by atoms with Gasteiger partial charge in [0.2, 0.25) is 0 Å². The zero-order valence-corrected chi connectivity index (χ0v) is 38.6. The maximum Gasteiger partial charge on any atom is 0.270 e. The summed E-state index contributed by atoms with van der Waals surface area (Å²) in [5, 5.41) is 28.5. The van der Waals surface area contributed by atoms with Crippen LogP contribution in [0, 0.1) is 47.9 Å². The maximum absolute atomic E-state index is 12.3. The van der Waals surface area contributed by atoms with Crippen molar-refractivity contribution >= 4 is 45.9 Å². The summed E-state index contributed by atoms with van der Waals surface area (Å²) in [4.78, 5) is 69.2. The zero-order valence-electron chi connectivity index (χ0n) is 38.6. The van der Waals surface area contributed by atoms with Gasteiger partial charge in [0.05, 0.1) is 9.85 Å². The number of nitrogens with two attached hydrogens (primary N) is 2. The highest BCUT2D eigenvalue weighted by atomic mass is 16.6. The van der Waals surface area contributed by atoms with Crippen molar-refractivity contribution in [3.8, 4) is 44.5 Å². The fourth-order valence-electron chi connectivity index (χ4n) is 9.21. The van der Waals surface area contributed by atoms with Crippen LogP contribution in [0.25, 0.3) is 44.5 Å². The third kappa shape index (κ3) is 8.41. The van der Waals surface area contributed by atoms with Gasteiger partial charge in [-0.1, -0.05) is 96.1 Å². The van der Waals surface area contributed by atoms with Crippen LogP contribution in [0.3, 0.4) is 0 Å². The fourth-order valence-corrected chi connectivity index (χ4v) is 9.21. The highest BCUT2D eigenvalue weighted by Gasteiger charge is 2.31. The molecule has 0 heterocycles. The Labute approximate surface area is 402 Å². The molecule has 0 atom stereocenters. The van der Waals surface area contributed by atoms with Gasteiger partial charge in [-0.15, -0.1) is 0 Å². The quantitative estimate of drug-likeness (QED) is 0.0839. The van der Waals surface area contributed by atoms with Gasteiger partial charge in [-0.05, 0) is 120 Å². The van der Waals surface area contributed by atoms with Gasteiger partial charge in [-0.25, -0.2) is 0 Å². The SMILES string of the molecule is CO.Cc1ccc2c(c1)-c1ccc(N)cc1C2=O.Cc1ccc2c(c1)-c1ccc([N+](=O)[O-])cc1C2=O.Cc1cccc2c1C(=O)c1cc(N)ccc1-2.Cc1cccc2c1C(=O)c1cc([N+](=O)[O-])ccc1-2. The molecular formula is C57H44N4O9. The molecule has 13 nitrogen and oxygen atoms in total. The molecule has 346 valence electrons. The molecule has 0 radical (unpaired) electrons. The number of aryl methyl sites for hydroxylation is 4. The first-order valence-electron chi connectivity index (χ1n) is 21.9. The Morgan fingerprint density at radius 3 is 1.09 bits per heavy atom. The second-order valence-electron chi connectivity index (χ2n) is 17.0. The van der Waals surface area contributed by atoms with Crippen LogP contribution in [0.2, 0.25) is 0 Å². The molecule has 13 heteroatoms. The molecule has 0 saturated carbocycles. The van der Waals surface area contributed by atoms with Gasteiger partial charge in [0.15, 0.2) is 23.1 Å². The molecule has 0 saturated heterocycles. The third-order valence-corrected chi connectivity index (χ3v) is 12.5. The normalized spacial score (nSPS) is 12.0. The van der Waals surface area contributed by atoms with Crippen molar-refractivity contribution in [3.05, 3.63) is 233 Å². The van der Waals surface area contributed by atoms with Crippen LogP contribution in [-0.2, 0) is 0 Å². The van der Waals surface area contributed by atoms with Crippen molar-refractivity contribution in [1.29, 1.82) is 0 Å². The predicted molar refractivity (Wildman–Crippen MR) is 270 cm³/mol. The number of ketones is 4. The van der Waals surface area contributed by atoms with Crippen molar-refractivity contribution in [1.82, 2.24) is 0 Å². The molecule has 5 N–H and O–H groups in total. The Morgan fingerprint density at radius 1 is 0.357 bits per heavy atom. The Hall–Kier alpha value is -9.20. The number of nitrogen functional groups attached to an aromatic ring is 2. The molecule has 8 aromatic carbocycles. The van der Waals surface area contributed by atoms with Gasteiger partial charge in [0, 0.05) is 87.3 Å². The van der Waals surface area contributed by atoms with E-state index in [0.29, 0.717) is 33.6 Å². The number of nitro benzene ring substituents is 2. The lowest BCUT2D eigenvalue weighted by Crippen LogP contribution is -1.98. The van der Waals surface area contributed by atoms with Crippen molar-refractivity contribution < 1.29 is 34.1 Å². The van der Waals surface area contributed by atoms with Gasteiger partial charge in [0.1, 0.15) is 0 Å². The average Bonchev–Trinajstić information content (AvgIpc) is 4.00. The van der Waals surface area contributed by atoms with Gasteiger partial charge >= 0.3 is 0 Å². The highest BCUT2D eigenvalue weighted by molar-refractivity contribution is 6.24. The van der Waals surface area contributed by atoms with Crippen molar-refractivity contribution in [2.75, 3.05) is 18.6 Å². The first-order chi connectivity index (χ1) is 33.5. The summed E-state index contributed by atoms with van der Waals surface area (Å²) < 4.78 is 0. The Kier molecular flexibility index (Phi) is 12.7. The van der Waals surface area contributed by atoms with E-state index in [1.807, 2.05) is 113 Å². The summed E-state index contributed by atoms with van der Waals surface area (Å²) >= 11 is 0. The Balaban J connectivity index is 0.000000124. The third-order valence-electron chi connectivity index (χ3n) is 12.5. The number of aliphatic hydroxyl groups is 1. The summed E-state index contributed by atoms with van der Waals surface area (Å²) in [5.74, 6) is -0.0850. The predicted octanol–water partition coefficient (Wildman–Crippen LogP) is 11.4. The number of non-ortho nitro benzene ring substituents is 2.